The van der Waals surface area contributed by atoms with Crippen LogP contribution in [0.3, 0.4) is 0 Å². The van der Waals surface area contributed by atoms with Crippen LogP contribution in [0.4, 0.5) is 13.2 Å². The first-order valence-electron chi connectivity index (χ1n) is 2.71. The van der Waals surface area contributed by atoms with Crippen LogP contribution in [-0.4, -0.2) is 32.1 Å². The molecular formula is C5H7F3O2. The maximum atomic E-state index is 12.0. The van der Waals surface area contributed by atoms with Crippen LogP contribution < -0.4 is 0 Å². The molecule has 0 unspecified atom stereocenters. The second-order valence-electron chi connectivity index (χ2n) is 2.19. The molecule has 1 aliphatic rings. The van der Waals surface area contributed by atoms with Gasteiger partial charge >= 0.3 is 6.18 Å². The summed E-state index contributed by atoms with van der Waals surface area (Å²) in [6, 6.07) is 0. The topological polar surface area (TPSA) is 18.5 Å². The predicted molar refractivity (Wildman–Crippen MR) is 26.6 cm³/mol. The summed E-state index contributed by atoms with van der Waals surface area (Å²) < 4.78 is 44.6. The van der Waals surface area contributed by atoms with Crippen molar-refractivity contribution in [3.8, 4) is 0 Å². The first-order chi connectivity index (χ1) is 4.52. The van der Waals surface area contributed by atoms with Gasteiger partial charge in [0.05, 0.1) is 13.2 Å². The van der Waals surface area contributed by atoms with Gasteiger partial charge in [-0.25, -0.2) is 0 Å². The van der Waals surface area contributed by atoms with Gasteiger partial charge in [0.2, 0.25) is 5.60 Å². The highest BCUT2D eigenvalue weighted by Gasteiger charge is 2.60. The van der Waals surface area contributed by atoms with E-state index in [1.54, 1.807) is 0 Å². The molecule has 0 aromatic heterocycles. The Labute approximate surface area is 55.9 Å². The van der Waals surface area contributed by atoms with Crippen molar-refractivity contribution in [2.75, 3.05) is 20.3 Å². The van der Waals surface area contributed by atoms with E-state index in [9.17, 15) is 13.2 Å². The molecule has 0 amide bonds. The van der Waals surface area contributed by atoms with Crippen molar-refractivity contribution in [3.63, 3.8) is 0 Å². The van der Waals surface area contributed by atoms with Gasteiger partial charge < -0.3 is 9.47 Å². The van der Waals surface area contributed by atoms with Crippen LogP contribution in [0.5, 0.6) is 0 Å². The highest BCUT2D eigenvalue weighted by molar-refractivity contribution is 4.94. The van der Waals surface area contributed by atoms with Gasteiger partial charge in [-0.3, -0.25) is 0 Å². The molecule has 0 radical (unpaired) electrons. The van der Waals surface area contributed by atoms with Crippen molar-refractivity contribution in [1.82, 2.24) is 0 Å². The minimum absolute atomic E-state index is 0.382. The molecule has 1 fully saturated rings. The minimum Gasteiger partial charge on any atom is -0.375 e. The molecule has 0 N–H and O–H groups in total. The van der Waals surface area contributed by atoms with Gasteiger partial charge in [0.15, 0.2) is 0 Å². The van der Waals surface area contributed by atoms with Crippen LogP contribution in [0.2, 0.25) is 0 Å². The summed E-state index contributed by atoms with van der Waals surface area (Å²) >= 11 is 0. The number of alkyl halides is 3. The molecule has 0 bridgehead atoms. The van der Waals surface area contributed by atoms with E-state index in [4.69, 9.17) is 0 Å². The summed E-state index contributed by atoms with van der Waals surface area (Å²) in [5.74, 6) is 0. The average Bonchev–Trinajstić information content (AvgIpc) is 1.58. The van der Waals surface area contributed by atoms with Gasteiger partial charge in [0, 0.05) is 7.11 Å². The zero-order valence-corrected chi connectivity index (χ0v) is 5.36. The largest absolute Gasteiger partial charge is 0.422 e. The van der Waals surface area contributed by atoms with Crippen LogP contribution in [0, 0.1) is 0 Å². The van der Waals surface area contributed by atoms with E-state index in [2.05, 4.69) is 9.47 Å². The molecule has 0 aromatic rings. The molecule has 1 aliphatic heterocycles. The minimum atomic E-state index is -4.31. The highest BCUT2D eigenvalue weighted by atomic mass is 19.4. The van der Waals surface area contributed by atoms with E-state index in [1.165, 1.54) is 0 Å². The molecule has 5 heteroatoms. The molecular weight excluding hydrogens is 149 g/mol. The lowest BCUT2D eigenvalue weighted by atomic mass is 10.0. The monoisotopic (exact) mass is 156 g/mol. The van der Waals surface area contributed by atoms with E-state index in [0.717, 1.165) is 7.11 Å². The Hall–Kier alpha value is -0.290. The van der Waals surface area contributed by atoms with E-state index in [0.29, 0.717) is 0 Å². The lowest BCUT2D eigenvalue weighted by Gasteiger charge is -2.40. The SMILES string of the molecule is COC1(C(F)(F)F)COC1. The molecule has 1 heterocycles. The molecule has 0 atom stereocenters. The van der Waals surface area contributed by atoms with E-state index in [-0.39, 0.29) is 13.2 Å². The second kappa shape index (κ2) is 2.10. The number of ether oxygens (including phenoxy) is 2. The van der Waals surface area contributed by atoms with E-state index >= 15 is 0 Å². The number of rotatable bonds is 1. The summed E-state index contributed by atoms with van der Waals surface area (Å²) in [6.45, 7) is -0.764. The molecule has 60 valence electrons. The third kappa shape index (κ3) is 0.894. The summed E-state index contributed by atoms with van der Waals surface area (Å²) in [4.78, 5) is 0. The third-order valence-corrected chi connectivity index (χ3v) is 1.58. The number of halogens is 3. The normalized spacial score (nSPS) is 24.0. The molecule has 0 saturated carbocycles. The molecule has 10 heavy (non-hydrogen) atoms. The molecule has 1 rings (SSSR count). The van der Waals surface area contributed by atoms with E-state index in [1.807, 2.05) is 0 Å². The number of hydrogen-bond acceptors (Lipinski definition) is 2. The second-order valence-corrected chi connectivity index (χ2v) is 2.19. The van der Waals surface area contributed by atoms with Gasteiger partial charge in [-0.1, -0.05) is 0 Å². The van der Waals surface area contributed by atoms with Crippen molar-refractivity contribution in [1.29, 1.82) is 0 Å². The van der Waals surface area contributed by atoms with Crippen LogP contribution in [0.15, 0.2) is 0 Å². The fourth-order valence-corrected chi connectivity index (χ4v) is 0.685. The molecule has 0 aromatic carbocycles. The van der Waals surface area contributed by atoms with Gasteiger partial charge in [0.1, 0.15) is 0 Å². The summed E-state index contributed by atoms with van der Waals surface area (Å²) in [7, 11) is 1.04. The first-order valence-corrected chi connectivity index (χ1v) is 2.71. The third-order valence-electron chi connectivity index (χ3n) is 1.58. The van der Waals surface area contributed by atoms with Crippen molar-refractivity contribution in [3.05, 3.63) is 0 Å². The molecule has 2 nitrogen and oxygen atoms in total. The van der Waals surface area contributed by atoms with Gasteiger partial charge in [0.25, 0.3) is 0 Å². The number of methoxy groups -OCH3 is 1. The molecule has 0 spiro atoms. The van der Waals surface area contributed by atoms with Crippen LogP contribution in [-0.2, 0) is 9.47 Å². The fourth-order valence-electron chi connectivity index (χ4n) is 0.685. The highest BCUT2D eigenvalue weighted by Crippen LogP contribution is 2.38. The Bertz CT molecular complexity index is 122. The Morgan fingerprint density at radius 3 is 1.90 bits per heavy atom. The predicted octanol–water partition coefficient (Wildman–Crippen LogP) is 0.964. The lowest BCUT2D eigenvalue weighted by molar-refractivity contribution is -0.342. The zero-order chi connectivity index (χ0) is 7.83. The quantitative estimate of drug-likeness (QED) is 0.563. The summed E-state index contributed by atoms with van der Waals surface area (Å²) in [5.41, 5.74) is -2.02. The fraction of sp³-hybridized carbons (Fsp3) is 1.00. The Morgan fingerprint density at radius 2 is 1.90 bits per heavy atom. The van der Waals surface area contributed by atoms with Gasteiger partial charge in [-0.2, -0.15) is 13.2 Å². The smallest absolute Gasteiger partial charge is 0.375 e. The van der Waals surface area contributed by atoms with Crippen molar-refractivity contribution >= 4 is 0 Å². The van der Waals surface area contributed by atoms with Gasteiger partial charge in [-0.05, 0) is 0 Å². The van der Waals surface area contributed by atoms with E-state index < -0.39 is 11.8 Å². The maximum Gasteiger partial charge on any atom is 0.422 e. The Balaban J connectivity index is 2.65. The maximum absolute atomic E-state index is 12.0. The average molecular weight is 156 g/mol. The molecule has 0 aliphatic carbocycles. The van der Waals surface area contributed by atoms with Crippen LogP contribution in [0.25, 0.3) is 0 Å². The van der Waals surface area contributed by atoms with Gasteiger partial charge in [-0.15, -0.1) is 0 Å². The lowest BCUT2D eigenvalue weighted by Crippen LogP contribution is -2.61. The summed E-state index contributed by atoms with van der Waals surface area (Å²) in [5, 5.41) is 0. The molecule has 1 saturated heterocycles. The number of hydrogen-bond donors (Lipinski definition) is 0. The van der Waals surface area contributed by atoms with Crippen molar-refractivity contribution in [2.45, 2.75) is 11.8 Å². The first kappa shape index (κ1) is 7.81. The van der Waals surface area contributed by atoms with Crippen LogP contribution >= 0.6 is 0 Å². The summed E-state index contributed by atoms with van der Waals surface area (Å²) in [6.07, 6.45) is -4.31. The van der Waals surface area contributed by atoms with Crippen molar-refractivity contribution in [2.24, 2.45) is 0 Å². The Morgan fingerprint density at radius 1 is 1.40 bits per heavy atom. The zero-order valence-electron chi connectivity index (χ0n) is 5.36. The standard InChI is InChI=1S/C5H7F3O2/c1-9-4(2-10-3-4)5(6,7)8/h2-3H2,1H3. The Kier molecular flexibility index (Phi) is 1.64. The van der Waals surface area contributed by atoms with Crippen molar-refractivity contribution < 1.29 is 22.6 Å². The van der Waals surface area contributed by atoms with Crippen LogP contribution in [0.1, 0.15) is 0 Å².